The SMILES string of the molecule is O=C(C1CC(=O)N(c2cc(F)cc(F)c2)C1)N1CCCN(Cc2ccccc2)CC1. The van der Waals surface area contributed by atoms with Gasteiger partial charge in [-0.05, 0) is 24.1 Å². The standard InChI is InChI=1S/C23H25F2N3O2/c24-19-12-20(25)14-21(13-19)28-16-18(11-22(28)29)23(30)27-8-4-7-26(9-10-27)15-17-5-2-1-3-6-17/h1-3,5-6,12-14,18H,4,7-11,15-16H2. The topological polar surface area (TPSA) is 43.9 Å². The van der Waals surface area contributed by atoms with Gasteiger partial charge in [0.15, 0.2) is 0 Å². The van der Waals surface area contributed by atoms with Gasteiger partial charge in [-0.25, -0.2) is 8.78 Å². The number of amides is 2. The Morgan fingerprint density at radius 3 is 2.43 bits per heavy atom. The number of carbonyl (C=O) groups is 2. The number of nitrogens with zero attached hydrogens (tertiary/aromatic N) is 3. The van der Waals surface area contributed by atoms with Crippen LogP contribution in [0.4, 0.5) is 14.5 Å². The zero-order chi connectivity index (χ0) is 21.1. The minimum absolute atomic E-state index is 0.0516. The van der Waals surface area contributed by atoms with Crippen LogP contribution in [0.1, 0.15) is 18.4 Å². The highest BCUT2D eigenvalue weighted by Crippen LogP contribution is 2.28. The van der Waals surface area contributed by atoms with Gasteiger partial charge >= 0.3 is 0 Å². The second kappa shape index (κ2) is 8.92. The molecule has 5 nitrogen and oxygen atoms in total. The van der Waals surface area contributed by atoms with E-state index in [1.165, 1.54) is 10.5 Å². The molecular formula is C23H25F2N3O2. The third kappa shape index (κ3) is 4.67. The highest BCUT2D eigenvalue weighted by molar-refractivity contribution is 6.00. The summed E-state index contributed by atoms with van der Waals surface area (Å²) in [6.07, 6.45) is 0.944. The fraction of sp³-hybridized carbons (Fsp3) is 0.391. The average molecular weight is 413 g/mol. The van der Waals surface area contributed by atoms with Crippen molar-refractivity contribution in [3.63, 3.8) is 0 Å². The lowest BCUT2D eigenvalue weighted by atomic mass is 10.1. The van der Waals surface area contributed by atoms with Crippen LogP contribution in [0.2, 0.25) is 0 Å². The van der Waals surface area contributed by atoms with Crippen LogP contribution in [-0.2, 0) is 16.1 Å². The molecule has 2 amide bonds. The third-order valence-corrected chi connectivity index (χ3v) is 5.78. The molecule has 2 heterocycles. The molecule has 30 heavy (non-hydrogen) atoms. The van der Waals surface area contributed by atoms with Gasteiger partial charge in [0.25, 0.3) is 0 Å². The van der Waals surface area contributed by atoms with Crippen LogP contribution < -0.4 is 4.90 Å². The van der Waals surface area contributed by atoms with Gasteiger partial charge in [0.2, 0.25) is 11.8 Å². The van der Waals surface area contributed by atoms with Crippen LogP contribution in [0.25, 0.3) is 0 Å². The Hall–Kier alpha value is -2.80. The first-order valence-electron chi connectivity index (χ1n) is 10.3. The van der Waals surface area contributed by atoms with Crippen molar-refractivity contribution in [1.82, 2.24) is 9.80 Å². The summed E-state index contributed by atoms with van der Waals surface area (Å²) in [6.45, 7) is 3.97. The van der Waals surface area contributed by atoms with Gasteiger partial charge in [-0.15, -0.1) is 0 Å². The summed E-state index contributed by atoms with van der Waals surface area (Å²) in [7, 11) is 0. The first-order chi connectivity index (χ1) is 14.5. The predicted octanol–water partition coefficient (Wildman–Crippen LogP) is 3.05. The molecule has 0 aromatic heterocycles. The molecule has 2 aromatic carbocycles. The van der Waals surface area contributed by atoms with Gasteiger partial charge in [-0.2, -0.15) is 0 Å². The zero-order valence-corrected chi connectivity index (χ0v) is 16.8. The van der Waals surface area contributed by atoms with E-state index in [0.29, 0.717) is 13.1 Å². The number of rotatable bonds is 4. The molecule has 2 fully saturated rings. The van der Waals surface area contributed by atoms with Crippen molar-refractivity contribution in [2.24, 2.45) is 5.92 Å². The molecule has 2 aromatic rings. The molecule has 2 saturated heterocycles. The lowest BCUT2D eigenvalue weighted by Crippen LogP contribution is -2.39. The van der Waals surface area contributed by atoms with E-state index in [9.17, 15) is 18.4 Å². The summed E-state index contributed by atoms with van der Waals surface area (Å²) < 4.78 is 27.1. The molecule has 0 N–H and O–H groups in total. The Morgan fingerprint density at radius 2 is 1.70 bits per heavy atom. The van der Waals surface area contributed by atoms with Crippen LogP contribution >= 0.6 is 0 Å². The van der Waals surface area contributed by atoms with Crippen molar-refractivity contribution < 1.29 is 18.4 Å². The Balaban J connectivity index is 1.37. The van der Waals surface area contributed by atoms with Gasteiger partial charge in [-0.3, -0.25) is 14.5 Å². The maximum atomic E-state index is 13.5. The van der Waals surface area contributed by atoms with Crippen molar-refractivity contribution >= 4 is 17.5 Å². The monoisotopic (exact) mass is 413 g/mol. The Bertz CT molecular complexity index is 902. The normalized spacial score (nSPS) is 20.5. The van der Waals surface area contributed by atoms with Crippen molar-refractivity contribution in [2.75, 3.05) is 37.6 Å². The molecule has 1 unspecified atom stereocenters. The van der Waals surface area contributed by atoms with E-state index in [1.807, 2.05) is 23.1 Å². The number of carbonyl (C=O) groups excluding carboxylic acids is 2. The molecule has 0 spiro atoms. The van der Waals surface area contributed by atoms with E-state index in [2.05, 4.69) is 17.0 Å². The summed E-state index contributed by atoms with van der Waals surface area (Å²) in [5.41, 5.74) is 1.41. The van der Waals surface area contributed by atoms with Crippen molar-refractivity contribution in [3.05, 3.63) is 65.7 Å². The molecule has 0 aliphatic carbocycles. The summed E-state index contributed by atoms with van der Waals surface area (Å²) >= 11 is 0. The minimum Gasteiger partial charge on any atom is -0.341 e. The Kier molecular flexibility index (Phi) is 6.08. The summed E-state index contributed by atoms with van der Waals surface area (Å²) in [4.78, 5) is 31.0. The van der Waals surface area contributed by atoms with Gasteiger partial charge < -0.3 is 9.80 Å². The predicted molar refractivity (Wildman–Crippen MR) is 110 cm³/mol. The third-order valence-electron chi connectivity index (χ3n) is 5.78. The van der Waals surface area contributed by atoms with E-state index >= 15 is 0 Å². The lowest BCUT2D eigenvalue weighted by molar-refractivity contribution is -0.135. The molecule has 7 heteroatoms. The molecule has 4 rings (SSSR count). The smallest absolute Gasteiger partial charge is 0.228 e. The number of anilines is 1. The fourth-order valence-corrected chi connectivity index (χ4v) is 4.27. The first kappa shape index (κ1) is 20.5. The van der Waals surface area contributed by atoms with E-state index in [4.69, 9.17) is 0 Å². The van der Waals surface area contributed by atoms with Gasteiger partial charge in [0.1, 0.15) is 11.6 Å². The number of halogens is 2. The van der Waals surface area contributed by atoms with Crippen molar-refractivity contribution in [1.29, 1.82) is 0 Å². The van der Waals surface area contributed by atoms with E-state index < -0.39 is 17.6 Å². The second-order valence-corrected chi connectivity index (χ2v) is 7.97. The molecule has 158 valence electrons. The summed E-state index contributed by atoms with van der Waals surface area (Å²) in [6, 6.07) is 13.3. The van der Waals surface area contributed by atoms with E-state index in [-0.39, 0.29) is 30.5 Å². The largest absolute Gasteiger partial charge is 0.341 e. The van der Waals surface area contributed by atoms with Crippen LogP contribution in [0, 0.1) is 17.6 Å². The van der Waals surface area contributed by atoms with Crippen LogP contribution in [0.3, 0.4) is 0 Å². The summed E-state index contributed by atoms with van der Waals surface area (Å²) in [5, 5.41) is 0. The zero-order valence-electron chi connectivity index (χ0n) is 16.8. The van der Waals surface area contributed by atoms with Crippen LogP contribution in [0.15, 0.2) is 48.5 Å². The number of hydrogen-bond donors (Lipinski definition) is 0. The van der Waals surface area contributed by atoms with E-state index in [0.717, 1.165) is 44.3 Å². The molecule has 2 aliphatic heterocycles. The quantitative estimate of drug-likeness (QED) is 0.774. The highest BCUT2D eigenvalue weighted by atomic mass is 19.1. The van der Waals surface area contributed by atoms with Crippen LogP contribution in [0.5, 0.6) is 0 Å². The van der Waals surface area contributed by atoms with Crippen molar-refractivity contribution in [2.45, 2.75) is 19.4 Å². The Morgan fingerprint density at radius 1 is 0.967 bits per heavy atom. The minimum atomic E-state index is -0.737. The second-order valence-electron chi connectivity index (χ2n) is 7.97. The Labute approximate surface area is 174 Å². The average Bonchev–Trinajstić information content (AvgIpc) is 2.96. The van der Waals surface area contributed by atoms with Gasteiger partial charge in [0.05, 0.1) is 5.92 Å². The molecule has 0 bridgehead atoms. The number of hydrogen-bond acceptors (Lipinski definition) is 3. The fourth-order valence-electron chi connectivity index (χ4n) is 4.27. The van der Waals surface area contributed by atoms with Crippen molar-refractivity contribution in [3.8, 4) is 0 Å². The number of benzene rings is 2. The molecule has 0 radical (unpaired) electrons. The van der Waals surface area contributed by atoms with Gasteiger partial charge in [-0.1, -0.05) is 30.3 Å². The lowest BCUT2D eigenvalue weighted by Gasteiger charge is -2.24. The molecule has 1 atom stereocenters. The van der Waals surface area contributed by atoms with Gasteiger partial charge in [0, 0.05) is 57.4 Å². The molecule has 2 aliphatic rings. The summed E-state index contributed by atoms with van der Waals surface area (Å²) in [5.74, 6) is -2.29. The maximum Gasteiger partial charge on any atom is 0.228 e. The maximum absolute atomic E-state index is 13.5. The van der Waals surface area contributed by atoms with E-state index in [1.54, 1.807) is 0 Å². The molecular weight excluding hydrogens is 388 g/mol. The molecule has 0 saturated carbocycles. The van der Waals surface area contributed by atoms with Crippen LogP contribution in [-0.4, -0.2) is 54.3 Å². The highest BCUT2D eigenvalue weighted by Gasteiger charge is 2.37. The first-order valence-corrected chi connectivity index (χ1v) is 10.3.